The Morgan fingerprint density at radius 3 is 2.82 bits per heavy atom. The van der Waals surface area contributed by atoms with Crippen molar-refractivity contribution in [1.82, 2.24) is 4.90 Å². The molecule has 0 spiro atoms. The smallest absolute Gasteiger partial charge is 0.306 e. The van der Waals surface area contributed by atoms with E-state index in [2.05, 4.69) is 11.8 Å². The van der Waals surface area contributed by atoms with E-state index in [0.717, 1.165) is 19.6 Å². The number of unbranched alkanes of at least 4 members (excludes halogenated alkanes) is 4. The quantitative estimate of drug-likeness (QED) is 0.663. The van der Waals surface area contributed by atoms with Gasteiger partial charge in [-0.2, -0.15) is 0 Å². The van der Waals surface area contributed by atoms with Crippen LogP contribution in [-0.2, 0) is 9.53 Å². The average Bonchev–Trinajstić information content (AvgIpc) is 2.28. The van der Waals surface area contributed by atoms with E-state index in [9.17, 15) is 4.79 Å². The lowest BCUT2D eigenvalue weighted by molar-refractivity contribution is -0.142. The van der Waals surface area contributed by atoms with Crippen LogP contribution in [0, 0.1) is 0 Å². The highest BCUT2D eigenvalue weighted by Gasteiger charge is 2.21. The highest BCUT2D eigenvalue weighted by Crippen LogP contribution is 2.10. The van der Waals surface area contributed by atoms with E-state index >= 15 is 0 Å². The summed E-state index contributed by atoms with van der Waals surface area (Å²) in [6.45, 7) is 5.71. The Balaban J connectivity index is 2.09. The summed E-state index contributed by atoms with van der Waals surface area (Å²) in [6.07, 6.45) is 6.44. The lowest BCUT2D eigenvalue weighted by atomic mass is 10.1. The van der Waals surface area contributed by atoms with Crippen molar-refractivity contribution in [3.63, 3.8) is 0 Å². The minimum atomic E-state index is -0.764. The molecule has 17 heavy (non-hydrogen) atoms. The van der Waals surface area contributed by atoms with Gasteiger partial charge in [-0.1, -0.05) is 32.6 Å². The zero-order valence-electron chi connectivity index (χ0n) is 10.9. The number of carbonyl (C=O) groups is 1. The molecule has 1 aliphatic heterocycles. The first-order chi connectivity index (χ1) is 8.22. The number of carboxylic acids is 1. The van der Waals surface area contributed by atoms with Crippen molar-refractivity contribution in [3.05, 3.63) is 0 Å². The summed E-state index contributed by atoms with van der Waals surface area (Å²) in [5.41, 5.74) is 0. The number of rotatable bonds is 8. The Kier molecular flexibility index (Phi) is 7.21. The zero-order valence-corrected chi connectivity index (χ0v) is 10.9. The zero-order chi connectivity index (χ0) is 12.5. The molecule has 0 aromatic rings. The molecule has 1 N–H and O–H groups in total. The molecule has 1 heterocycles. The Labute approximate surface area is 104 Å². The van der Waals surface area contributed by atoms with E-state index in [0.29, 0.717) is 6.61 Å². The Hall–Kier alpha value is -0.610. The first-order valence-electron chi connectivity index (χ1n) is 6.78. The highest BCUT2D eigenvalue weighted by molar-refractivity contribution is 5.67. The summed E-state index contributed by atoms with van der Waals surface area (Å²) >= 11 is 0. The molecule has 1 atom stereocenters. The van der Waals surface area contributed by atoms with Gasteiger partial charge in [0.15, 0.2) is 0 Å². The molecule has 1 aliphatic rings. The molecule has 1 saturated heterocycles. The molecule has 0 aromatic carbocycles. The van der Waals surface area contributed by atoms with Crippen LogP contribution in [0.1, 0.15) is 45.4 Å². The van der Waals surface area contributed by atoms with Crippen LogP contribution >= 0.6 is 0 Å². The van der Waals surface area contributed by atoms with Crippen molar-refractivity contribution < 1.29 is 14.6 Å². The number of aliphatic carboxylic acids is 1. The molecule has 4 heteroatoms. The third kappa shape index (κ3) is 6.64. The van der Waals surface area contributed by atoms with Crippen LogP contribution in [0.5, 0.6) is 0 Å². The Bertz CT molecular complexity index is 221. The lowest BCUT2D eigenvalue weighted by Gasteiger charge is -2.32. The predicted molar refractivity (Wildman–Crippen MR) is 67.2 cm³/mol. The van der Waals surface area contributed by atoms with E-state index in [1.54, 1.807) is 0 Å². The van der Waals surface area contributed by atoms with Gasteiger partial charge in [-0.05, 0) is 13.0 Å². The number of ether oxygens (including phenoxy) is 1. The first-order valence-corrected chi connectivity index (χ1v) is 6.78. The van der Waals surface area contributed by atoms with Gasteiger partial charge in [0.05, 0.1) is 19.1 Å². The number of nitrogens with zero attached hydrogens (tertiary/aromatic N) is 1. The number of hydrogen-bond donors (Lipinski definition) is 1. The fraction of sp³-hybridized carbons (Fsp3) is 0.923. The van der Waals surface area contributed by atoms with Crippen LogP contribution in [0.3, 0.4) is 0 Å². The van der Waals surface area contributed by atoms with Gasteiger partial charge in [-0.3, -0.25) is 9.69 Å². The molecule has 0 aromatic heterocycles. The molecule has 0 saturated carbocycles. The second-order valence-corrected chi connectivity index (χ2v) is 4.81. The van der Waals surface area contributed by atoms with Crippen LogP contribution in [0.15, 0.2) is 0 Å². The molecule has 0 amide bonds. The molecule has 1 rings (SSSR count). The second kappa shape index (κ2) is 8.48. The number of morpholine rings is 1. The molecule has 100 valence electrons. The highest BCUT2D eigenvalue weighted by atomic mass is 16.5. The number of hydrogen-bond acceptors (Lipinski definition) is 3. The van der Waals surface area contributed by atoms with Gasteiger partial charge in [-0.25, -0.2) is 0 Å². The first kappa shape index (κ1) is 14.5. The number of carboxylic acid groups (broad SMARTS) is 1. The maximum atomic E-state index is 10.6. The molecule has 4 nitrogen and oxygen atoms in total. The van der Waals surface area contributed by atoms with Crippen molar-refractivity contribution in [3.8, 4) is 0 Å². The van der Waals surface area contributed by atoms with Crippen molar-refractivity contribution >= 4 is 5.97 Å². The molecular formula is C13H25NO3. The fourth-order valence-electron chi connectivity index (χ4n) is 2.24. The maximum absolute atomic E-state index is 10.6. The minimum absolute atomic E-state index is 0.114. The summed E-state index contributed by atoms with van der Waals surface area (Å²) in [7, 11) is 0. The standard InChI is InChI=1S/C13H25NO3/c1-2-3-4-5-6-7-14-8-9-17-12(11-14)10-13(15)16/h12H,2-11H2,1H3,(H,15,16). The fourth-order valence-corrected chi connectivity index (χ4v) is 2.24. The van der Waals surface area contributed by atoms with Crippen LogP contribution in [0.2, 0.25) is 0 Å². The molecule has 0 bridgehead atoms. The summed E-state index contributed by atoms with van der Waals surface area (Å²) in [5.74, 6) is -0.764. The van der Waals surface area contributed by atoms with Gasteiger partial charge < -0.3 is 9.84 Å². The normalized spacial score (nSPS) is 21.6. The van der Waals surface area contributed by atoms with E-state index in [1.165, 1.54) is 32.1 Å². The average molecular weight is 243 g/mol. The third-order valence-electron chi connectivity index (χ3n) is 3.20. The van der Waals surface area contributed by atoms with Gasteiger partial charge in [0.1, 0.15) is 0 Å². The van der Waals surface area contributed by atoms with E-state index < -0.39 is 5.97 Å². The lowest BCUT2D eigenvalue weighted by Crippen LogP contribution is -2.43. The molecular weight excluding hydrogens is 218 g/mol. The molecule has 1 unspecified atom stereocenters. The topological polar surface area (TPSA) is 49.8 Å². The SMILES string of the molecule is CCCCCCCN1CCOC(CC(=O)O)C1. The monoisotopic (exact) mass is 243 g/mol. The van der Waals surface area contributed by atoms with Crippen LogP contribution in [-0.4, -0.2) is 48.3 Å². The predicted octanol–water partition coefficient (Wildman–Crippen LogP) is 2.13. The van der Waals surface area contributed by atoms with Crippen LogP contribution in [0.25, 0.3) is 0 Å². The van der Waals surface area contributed by atoms with Crippen molar-refractivity contribution in [2.75, 3.05) is 26.2 Å². The Morgan fingerprint density at radius 1 is 1.35 bits per heavy atom. The van der Waals surface area contributed by atoms with Gasteiger partial charge >= 0.3 is 5.97 Å². The van der Waals surface area contributed by atoms with E-state index in [4.69, 9.17) is 9.84 Å². The van der Waals surface area contributed by atoms with Crippen molar-refractivity contribution in [2.24, 2.45) is 0 Å². The summed E-state index contributed by atoms with van der Waals surface area (Å²) in [5, 5.41) is 8.73. The van der Waals surface area contributed by atoms with Gasteiger partial charge in [0.2, 0.25) is 0 Å². The van der Waals surface area contributed by atoms with Crippen LogP contribution in [0.4, 0.5) is 0 Å². The summed E-state index contributed by atoms with van der Waals surface area (Å²) in [4.78, 5) is 12.9. The van der Waals surface area contributed by atoms with E-state index in [-0.39, 0.29) is 12.5 Å². The molecule has 0 aliphatic carbocycles. The molecule has 1 fully saturated rings. The van der Waals surface area contributed by atoms with Gasteiger partial charge in [-0.15, -0.1) is 0 Å². The molecule has 0 radical (unpaired) electrons. The summed E-state index contributed by atoms with van der Waals surface area (Å²) < 4.78 is 5.44. The maximum Gasteiger partial charge on any atom is 0.306 e. The largest absolute Gasteiger partial charge is 0.481 e. The van der Waals surface area contributed by atoms with Crippen LogP contribution < -0.4 is 0 Å². The van der Waals surface area contributed by atoms with Crippen molar-refractivity contribution in [2.45, 2.75) is 51.6 Å². The van der Waals surface area contributed by atoms with E-state index in [1.807, 2.05) is 0 Å². The third-order valence-corrected chi connectivity index (χ3v) is 3.20. The summed E-state index contributed by atoms with van der Waals surface area (Å²) in [6, 6.07) is 0. The van der Waals surface area contributed by atoms with Gasteiger partial charge in [0.25, 0.3) is 0 Å². The minimum Gasteiger partial charge on any atom is -0.481 e. The second-order valence-electron chi connectivity index (χ2n) is 4.81. The Morgan fingerprint density at radius 2 is 2.12 bits per heavy atom. The van der Waals surface area contributed by atoms with Gasteiger partial charge in [0, 0.05) is 13.1 Å². The van der Waals surface area contributed by atoms with Crippen molar-refractivity contribution in [1.29, 1.82) is 0 Å².